The summed E-state index contributed by atoms with van der Waals surface area (Å²) in [5.41, 5.74) is 3.58. The van der Waals surface area contributed by atoms with Crippen LogP contribution in [-0.2, 0) is 10.0 Å². The zero-order valence-electron chi connectivity index (χ0n) is 17.3. The van der Waals surface area contributed by atoms with Gasteiger partial charge in [-0.25, -0.2) is 13.4 Å². The van der Waals surface area contributed by atoms with Crippen LogP contribution in [-0.4, -0.2) is 55.4 Å². The Morgan fingerprint density at radius 1 is 0.964 bits per heavy atom. The maximum atomic E-state index is 13.2. The van der Waals surface area contributed by atoms with Crippen LogP contribution < -0.4 is 10.2 Å². The van der Waals surface area contributed by atoms with Gasteiger partial charge in [-0.05, 0) is 45.7 Å². The topological polar surface area (TPSA) is 78.4 Å². The van der Waals surface area contributed by atoms with E-state index in [0.29, 0.717) is 37.0 Å². The number of nitrogens with one attached hydrogen (secondary N) is 1. The van der Waals surface area contributed by atoms with Crippen molar-refractivity contribution >= 4 is 21.8 Å². The van der Waals surface area contributed by atoms with Gasteiger partial charge >= 0.3 is 0 Å². The second-order valence-corrected chi connectivity index (χ2v) is 9.22. The summed E-state index contributed by atoms with van der Waals surface area (Å²) in [7, 11) is -3.51. The number of hydrogen-bond acceptors (Lipinski definition) is 6. The standard InChI is InChI=1S/C20H29N5O2S/c1-6-21-20-22-17(5)13-18(23-20)24-7-9-25(10-8-24)28(26,27)19-15(3)11-14(2)12-16(19)4/h11-13H,6-10H2,1-5H3,(H,21,22,23). The molecule has 0 saturated carbocycles. The van der Waals surface area contributed by atoms with Crippen LogP contribution in [0, 0.1) is 27.7 Å². The van der Waals surface area contributed by atoms with Crippen molar-refractivity contribution in [2.75, 3.05) is 42.9 Å². The summed E-state index contributed by atoms with van der Waals surface area (Å²) in [5, 5.41) is 3.14. The molecule has 8 heteroatoms. The first kappa shape index (κ1) is 20.5. The molecule has 2 heterocycles. The van der Waals surface area contributed by atoms with Gasteiger partial charge in [-0.2, -0.15) is 9.29 Å². The van der Waals surface area contributed by atoms with Crippen molar-refractivity contribution in [2.24, 2.45) is 0 Å². The SMILES string of the molecule is CCNc1nc(C)cc(N2CCN(S(=O)(=O)c3c(C)cc(C)cc3C)CC2)n1. The molecular formula is C20H29N5O2S. The van der Waals surface area contributed by atoms with Crippen LogP contribution in [0.15, 0.2) is 23.1 Å². The average molecular weight is 404 g/mol. The number of benzene rings is 1. The minimum atomic E-state index is -3.51. The fraction of sp³-hybridized carbons (Fsp3) is 0.500. The maximum Gasteiger partial charge on any atom is 0.243 e. The van der Waals surface area contributed by atoms with E-state index in [9.17, 15) is 8.42 Å². The third kappa shape index (κ3) is 4.12. The van der Waals surface area contributed by atoms with Crippen LogP contribution in [0.5, 0.6) is 0 Å². The molecule has 152 valence electrons. The van der Waals surface area contributed by atoms with Crippen molar-refractivity contribution in [2.45, 2.75) is 39.5 Å². The Morgan fingerprint density at radius 2 is 1.57 bits per heavy atom. The highest BCUT2D eigenvalue weighted by Crippen LogP contribution is 2.27. The quantitative estimate of drug-likeness (QED) is 0.827. The molecule has 1 aromatic heterocycles. The Kier molecular flexibility index (Phi) is 5.90. The Labute approximate surface area is 167 Å². The molecule has 0 radical (unpaired) electrons. The lowest BCUT2D eigenvalue weighted by atomic mass is 10.1. The Hall–Kier alpha value is -2.19. The lowest BCUT2D eigenvalue weighted by molar-refractivity contribution is 0.383. The third-order valence-electron chi connectivity index (χ3n) is 4.94. The van der Waals surface area contributed by atoms with Crippen molar-refractivity contribution in [3.05, 3.63) is 40.6 Å². The largest absolute Gasteiger partial charge is 0.354 e. The molecule has 1 aromatic carbocycles. The molecule has 3 rings (SSSR count). The lowest BCUT2D eigenvalue weighted by Crippen LogP contribution is -2.49. The number of hydrogen-bond donors (Lipinski definition) is 1. The predicted molar refractivity (Wildman–Crippen MR) is 113 cm³/mol. The van der Waals surface area contributed by atoms with Crippen LogP contribution in [0.1, 0.15) is 29.3 Å². The van der Waals surface area contributed by atoms with Gasteiger partial charge in [0.25, 0.3) is 0 Å². The molecule has 2 aromatic rings. The van der Waals surface area contributed by atoms with Gasteiger partial charge in [0.1, 0.15) is 5.82 Å². The molecule has 0 unspecified atom stereocenters. The summed E-state index contributed by atoms with van der Waals surface area (Å²) in [6, 6.07) is 5.81. The minimum absolute atomic E-state index is 0.439. The molecule has 0 aliphatic carbocycles. The summed E-state index contributed by atoms with van der Waals surface area (Å²) in [6.45, 7) is 12.5. The Morgan fingerprint density at radius 3 is 2.14 bits per heavy atom. The number of nitrogens with zero attached hydrogens (tertiary/aromatic N) is 4. The molecule has 28 heavy (non-hydrogen) atoms. The number of rotatable bonds is 5. The van der Waals surface area contributed by atoms with Gasteiger partial charge in [0, 0.05) is 44.5 Å². The zero-order valence-corrected chi connectivity index (χ0v) is 18.1. The van der Waals surface area contributed by atoms with E-state index in [-0.39, 0.29) is 0 Å². The second kappa shape index (κ2) is 8.05. The monoisotopic (exact) mass is 403 g/mol. The molecular weight excluding hydrogens is 374 g/mol. The van der Waals surface area contributed by atoms with E-state index in [0.717, 1.165) is 34.7 Å². The van der Waals surface area contributed by atoms with E-state index in [1.165, 1.54) is 0 Å². The van der Waals surface area contributed by atoms with E-state index in [1.54, 1.807) is 4.31 Å². The normalized spacial score (nSPS) is 15.7. The first-order chi connectivity index (χ1) is 13.2. The smallest absolute Gasteiger partial charge is 0.243 e. The summed E-state index contributed by atoms with van der Waals surface area (Å²) in [5.74, 6) is 1.45. The van der Waals surface area contributed by atoms with Crippen LogP contribution in [0.4, 0.5) is 11.8 Å². The highest BCUT2D eigenvalue weighted by Gasteiger charge is 2.31. The zero-order chi connectivity index (χ0) is 20.5. The number of piperazine rings is 1. The van der Waals surface area contributed by atoms with Gasteiger partial charge in [0.15, 0.2) is 0 Å². The van der Waals surface area contributed by atoms with E-state index < -0.39 is 10.0 Å². The van der Waals surface area contributed by atoms with Crippen molar-refractivity contribution in [3.8, 4) is 0 Å². The summed E-state index contributed by atoms with van der Waals surface area (Å²) in [6.07, 6.45) is 0. The summed E-state index contributed by atoms with van der Waals surface area (Å²) < 4.78 is 28.1. The average Bonchev–Trinajstić information content (AvgIpc) is 2.60. The molecule has 7 nitrogen and oxygen atoms in total. The van der Waals surface area contributed by atoms with Gasteiger partial charge in [0.2, 0.25) is 16.0 Å². The molecule has 1 aliphatic heterocycles. The maximum absolute atomic E-state index is 13.2. The van der Waals surface area contributed by atoms with Crippen LogP contribution >= 0.6 is 0 Å². The van der Waals surface area contributed by atoms with Gasteiger partial charge in [-0.15, -0.1) is 0 Å². The van der Waals surface area contributed by atoms with Crippen LogP contribution in [0.2, 0.25) is 0 Å². The minimum Gasteiger partial charge on any atom is -0.354 e. The first-order valence-electron chi connectivity index (χ1n) is 9.65. The molecule has 1 saturated heterocycles. The highest BCUT2D eigenvalue weighted by atomic mass is 32.2. The Bertz CT molecular complexity index is 944. The van der Waals surface area contributed by atoms with Gasteiger partial charge in [0.05, 0.1) is 4.90 Å². The summed E-state index contributed by atoms with van der Waals surface area (Å²) in [4.78, 5) is 11.5. The fourth-order valence-corrected chi connectivity index (χ4v) is 5.65. The lowest BCUT2D eigenvalue weighted by Gasteiger charge is -2.35. The fourth-order valence-electron chi connectivity index (χ4n) is 3.81. The van der Waals surface area contributed by atoms with E-state index in [4.69, 9.17) is 0 Å². The number of aryl methyl sites for hydroxylation is 4. The number of aromatic nitrogens is 2. The van der Waals surface area contributed by atoms with E-state index in [1.807, 2.05) is 52.8 Å². The van der Waals surface area contributed by atoms with Crippen molar-refractivity contribution in [1.82, 2.24) is 14.3 Å². The van der Waals surface area contributed by atoms with Gasteiger partial charge in [-0.3, -0.25) is 0 Å². The molecule has 1 N–H and O–H groups in total. The second-order valence-electron chi connectivity index (χ2n) is 7.34. The van der Waals surface area contributed by atoms with Crippen molar-refractivity contribution in [3.63, 3.8) is 0 Å². The molecule has 1 fully saturated rings. The molecule has 0 spiro atoms. The number of anilines is 2. The third-order valence-corrected chi connectivity index (χ3v) is 7.15. The van der Waals surface area contributed by atoms with Gasteiger partial charge < -0.3 is 10.2 Å². The van der Waals surface area contributed by atoms with Crippen LogP contribution in [0.3, 0.4) is 0 Å². The van der Waals surface area contributed by atoms with Crippen molar-refractivity contribution in [1.29, 1.82) is 0 Å². The summed E-state index contributed by atoms with van der Waals surface area (Å²) >= 11 is 0. The molecule has 0 atom stereocenters. The van der Waals surface area contributed by atoms with Gasteiger partial charge in [-0.1, -0.05) is 17.7 Å². The number of sulfonamides is 1. The van der Waals surface area contributed by atoms with Crippen LogP contribution in [0.25, 0.3) is 0 Å². The molecule has 1 aliphatic rings. The Balaban J connectivity index is 1.79. The van der Waals surface area contributed by atoms with Crippen molar-refractivity contribution < 1.29 is 8.42 Å². The molecule has 0 bridgehead atoms. The molecule has 0 amide bonds. The van der Waals surface area contributed by atoms with E-state index in [2.05, 4.69) is 20.2 Å². The van der Waals surface area contributed by atoms with E-state index >= 15 is 0 Å². The predicted octanol–water partition coefficient (Wildman–Crippen LogP) is 2.65. The first-order valence-corrected chi connectivity index (χ1v) is 11.1. The highest BCUT2D eigenvalue weighted by molar-refractivity contribution is 7.89.